The number of esters is 1. The largest absolute Gasteiger partial charge is 0.463 e. The number of unbranched alkanes of at least 4 members (excludes halogenated alkanes) is 5. The fourth-order valence-corrected chi connectivity index (χ4v) is 1.28. The van der Waals surface area contributed by atoms with Crippen molar-refractivity contribution in [2.45, 2.75) is 58.5 Å². The summed E-state index contributed by atoms with van der Waals surface area (Å²) in [5, 5.41) is 2.18. The lowest BCUT2D eigenvalue weighted by Gasteiger charge is -2.07. The highest BCUT2D eigenvalue weighted by Crippen LogP contribution is 2.05. The van der Waals surface area contributed by atoms with E-state index in [0.717, 1.165) is 12.8 Å². The molecule has 0 aromatic heterocycles. The molecule has 0 aliphatic rings. The second-order valence-electron chi connectivity index (χ2n) is 3.76. The van der Waals surface area contributed by atoms with Crippen LogP contribution < -0.4 is 0 Å². The van der Waals surface area contributed by atoms with Gasteiger partial charge in [0.25, 0.3) is 0 Å². The summed E-state index contributed by atoms with van der Waals surface area (Å²) >= 11 is 0. The van der Waals surface area contributed by atoms with E-state index >= 15 is 0 Å². The molecule has 5 nitrogen and oxygen atoms in total. The molecule has 16 heavy (non-hydrogen) atoms. The minimum atomic E-state index is -0.905. The summed E-state index contributed by atoms with van der Waals surface area (Å²) in [4.78, 5) is 25.0. The maximum atomic E-state index is 11.1. The van der Waals surface area contributed by atoms with Crippen LogP contribution in [0.1, 0.15) is 52.4 Å². The molecule has 0 heterocycles. The lowest BCUT2D eigenvalue weighted by Crippen LogP contribution is -2.21. The van der Waals surface area contributed by atoms with Crippen LogP contribution in [0.15, 0.2) is 5.34 Å². The van der Waals surface area contributed by atoms with E-state index in [2.05, 4.69) is 17.1 Å². The Morgan fingerprint density at radius 2 is 1.81 bits per heavy atom. The molecule has 0 saturated carbocycles. The number of hydrogen-bond acceptors (Lipinski definition) is 5. The third kappa shape index (κ3) is 8.20. The third-order valence-electron chi connectivity index (χ3n) is 2.28. The quantitative estimate of drug-likeness (QED) is 0.251. The molecule has 1 unspecified atom stereocenters. The fraction of sp³-hybridized carbons (Fsp3) is 0.909. The van der Waals surface area contributed by atoms with Crippen molar-refractivity contribution in [3.05, 3.63) is 4.91 Å². The molecule has 0 bridgehead atoms. The van der Waals surface area contributed by atoms with Gasteiger partial charge >= 0.3 is 5.97 Å². The van der Waals surface area contributed by atoms with Crippen molar-refractivity contribution in [3.63, 3.8) is 0 Å². The topological polar surface area (TPSA) is 65.0 Å². The van der Waals surface area contributed by atoms with Crippen molar-refractivity contribution in [1.29, 1.82) is 0 Å². The number of nitrogens with zero attached hydrogens (tertiary/aromatic N) is 1. The van der Waals surface area contributed by atoms with Gasteiger partial charge in [0.2, 0.25) is 6.10 Å². The molecule has 1 atom stereocenters. The summed E-state index contributed by atoms with van der Waals surface area (Å²) in [6.07, 6.45) is 5.91. The molecule has 0 fully saturated rings. The molecule has 94 valence electrons. The average Bonchev–Trinajstić information content (AvgIpc) is 2.28. The second kappa shape index (κ2) is 10.4. The summed E-state index contributed by atoms with van der Waals surface area (Å²) in [5.74, 6) is -0.534. The van der Waals surface area contributed by atoms with Crippen LogP contribution in [0.2, 0.25) is 0 Å². The Balaban J connectivity index is 3.30. The molecule has 0 aromatic rings. The standard InChI is InChI=1S/C11H21NO4/c1-3-4-5-6-7-8-9-15-11(13)10(2)16-12-14/h10H,3-9H2,1-2H3. The van der Waals surface area contributed by atoms with Crippen LogP contribution in [0.5, 0.6) is 0 Å². The molecule has 0 amide bonds. The molecule has 0 aliphatic carbocycles. The molecular formula is C11H21NO4. The zero-order valence-corrected chi connectivity index (χ0v) is 10.1. The van der Waals surface area contributed by atoms with Gasteiger partial charge in [0.15, 0.2) is 5.34 Å². The summed E-state index contributed by atoms with van der Waals surface area (Å²) in [6.45, 7) is 3.99. The zero-order valence-electron chi connectivity index (χ0n) is 10.1. The lowest BCUT2D eigenvalue weighted by atomic mass is 10.1. The Hall–Kier alpha value is -1.13. The SMILES string of the molecule is CCCCCCCCOC(=O)C(C)ON=O. The summed E-state index contributed by atoms with van der Waals surface area (Å²) in [6, 6.07) is 0. The van der Waals surface area contributed by atoms with Crippen molar-refractivity contribution >= 4 is 5.97 Å². The highest BCUT2D eigenvalue weighted by molar-refractivity contribution is 5.74. The third-order valence-corrected chi connectivity index (χ3v) is 2.28. The monoisotopic (exact) mass is 231 g/mol. The second-order valence-corrected chi connectivity index (χ2v) is 3.76. The molecule has 0 aromatic carbocycles. The van der Waals surface area contributed by atoms with Gasteiger partial charge in [0.1, 0.15) is 0 Å². The van der Waals surface area contributed by atoms with Gasteiger partial charge in [0, 0.05) is 0 Å². The Kier molecular flexibility index (Phi) is 9.66. The minimum Gasteiger partial charge on any atom is -0.463 e. The number of carbonyl (C=O) groups excluding carboxylic acids is 1. The molecule has 0 N–H and O–H groups in total. The Morgan fingerprint density at radius 1 is 1.19 bits per heavy atom. The van der Waals surface area contributed by atoms with Crippen LogP contribution in [0.25, 0.3) is 0 Å². The average molecular weight is 231 g/mol. The zero-order chi connectivity index (χ0) is 12.2. The van der Waals surface area contributed by atoms with E-state index in [0.29, 0.717) is 6.61 Å². The number of rotatable bonds is 10. The van der Waals surface area contributed by atoms with Gasteiger partial charge in [-0.05, 0) is 13.3 Å². The Bertz CT molecular complexity index is 196. The van der Waals surface area contributed by atoms with Gasteiger partial charge in [-0.3, -0.25) is 0 Å². The fourth-order valence-electron chi connectivity index (χ4n) is 1.28. The molecule has 0 spiro atoms. The van der Waals surface area contributed by atoms with E-state index in [4.69, 9.17) is 4.74 Å². The summed E-state index contributed by atoms with van der Waals surface area (Å²) in [7, 11) is 0. The van der Waals surface area contributed by atoms with Crippen molar-refractivity contribution < 1.29 is 14.4 Å². The van der Waals surface area contributed by atoms with Crippen LogP contribution in [0.3, 0.4) is 0 Å². The Morgan fingerprint density at radius 3 is 2.44 bits per heavy atom. The normalized spacial score (nSPS) is 11.9. The van der Waals surface area contributed by atoms with Crippen molar-refractivity contribution in [3.8, 4) is 0 Å². The van der Waals surface area contributed by atoms with E-state index in [1.165, 1.54) is 32.6 Å². The van der Waals surface area contributed by atoms with Crippen molar-refractivity contribution in [1.82, 2.24) is 0 Å². The first-order chi connectivity index (χ1) is 7.72. The molecule has 5 heteroatoms. The smallest absolute Gasteiger partial charge is 0.350 e. The van der Waals surface area contributed by atoms with Gasteiger partial charge < -0.3 is 9.57 Å². The van der Waals surface area contributed by atoms with E-state index in [9.17, 15) is 9.70 Å². The first-order valence-corrected chi connectivity index (χ1v) is 5.87. The first-order valence-electron chi connectivity index (χ1n) is 5.87. The maximum absolute atomic E-state index is 11.1. The minimum absolute atomic E-state index is 0.386. The molecule has 0 radical (unpaired) electrons. The predicted molar refractivity (Wildman–Crippen MR) is 60.7 cm³/mol. The maximum Gasteiger partial charge on any atom is 0.350 e. The predicted octanol–water partition coefficient (Wildman–Crippen LogP) is 2.98. The lowest BCUT2D eigenvalue weighted by molar-refractivity contribution is -0.156. The van der Waals surface area contributed by atoms with Crippen LogP contribution in [0, 0.1) is 4.91 Å². The molecule has 0 aliphatic heterocycles. The van der Waals surface area contributed by atoms with E-state index < -0.39 is 12.1 Å². The van der Waals surface area contributed by atoms with Gasteiger partial charge in [-0.1, -0.05) is 39.0 Å². The first kappa shape index (κ1) is 14.9. The number of carbonyl (C=O) groups is 1. The van der Waals surface area contributed by atoms with Crippen molar-refractivity contribution in [2.75, 3.05) is 6.61 Å². The highest BCUT2D eigenvalue weighted by Gasteiger charge is 2.15. The van der Waals surface area contributed by atoms with Crippen LogP contribution in [0.4, 0.5) is 0 Å². The van der Waals surface area contributed by atoms with E-state index in [1.807, 2.05) is 0 Å². The van der Waals surface area contributed by atoms with Gasteiger partial charge in [-0.2, -0.15) is 0 Å². The van der Waals surface area contributed by atoms with Gasteiger partial charge in [-0.25, -0.2) is 4.79 Å². The highest BCUT2D eigenvalue weighted by atomic mass is 16.7. The van der Waals surface area contributed by atoms with Crippen LogP contribution in [-0.2, 0) is 14.4 Å². The summed E-state index contributed by atoms with van der Waals surface area (Å²) < 4.78 is 4.90. The van der Waals surface area contributed by atoms with Gasteiger partial charge in [0.05, 0.1) is 6.61 Å². The number of hydrogen-bond donors (Lipinski definition) is 0. The Labute approximate surface area is 96.4 Å². The van der Waals surface area contributed by atoms with E-state index in [-0.39, 0.29) is 0 Å². The molecular weight excluding hydrogens is 210 g/mol. The van der Waals surface area contributed by atoms with E-state index in [1.54, 1.807) is 0 Å². The van der Waals surface area contributed by atoms with Crippen molar-refractivity contribution in [2.24, 2.45) is 5.34 Å². The van der Waals surface area contributed by atoms with Gasteiger partial charge in [-0.15, -0.1) is 4.91 Å². The van der Waals surface area contributed by atoms with Crippen LogP contribution in [-0.4, -0.2) is 18.7 Å². The molecule has 0 rings (SSSR count). The molecule has 0 saturated heterocycles. The number of ether oxygens (including phenoxy) is 1. The van der Waals surface area contributed by atoms with Crippen LogP contribution >= 0.6 is 0 Å². The summed E-state index contributed by atoms with van der Waals surface area (Å²) in [5.41, 5.74) is 0.